The maximum atomic E-state index is 13.4. The van der Waals surface area contributed by atoms with Gasteiger partial charge >= 0.3 is 6.09 Å². The topological polar surface area (TPSA) is 124 Å². The van der Waals surface area contributed by atoms with E-state index in [1.807, 2.05) is 0 Å². The van der Waals surface area contributed by atoms with Crippen LogP contribution in [-0.2, 0) is 17.9 Å². The highest BCUT2D eigenvalue weighted by atomic mass is 16.6. The maximum Gasteiger partial charge on any atom is 0.417 e. The van der Waals surface area contributed by atoms with Gasteiger partial charge in [-0.25, -0.2) is 19.7 Å². The molecule has 0 aliphatic heterocycles. The molecule has 0 saturated heterocycles. The van der Waals surface area contributed by atoms with Crippen molar-refractivity contribution in [3.8, 4) is 23.1 Å². The molecule has 1 aromatic carbocycles. The average molecular weight is 482 g/mol. The van der Waals surface area contributed by atoms with Gasteiger partial charge in [-0.1, -0.05) is 6.07 Å². The standard InChI is InChI=1S/C24H27N5O6/c1-24(2,3)35-23(31)28(13-15-8-9-17(32-4)19(11-15)33-5)22-25-16(14-30)12-20-26-21(27-29(20)22)18-7-6-10-34-18/h6-12,30H,13-14H2,1-5H3. The summed E-state index contributed by atoms with van der Waals surface area (Å²) in [6.45, 7) is 5.04. The number of aromatic nitrogens is 4. The zero-order valence-corrected chi connectivity index (χ0v) is 20.2. The van der Waals surface area contributed by atoms with Gasteiger partial charge in [0.2, 0.25) is 11.8 Å². The highest BCUT2D eigenvalue weighted by Crippen LogP contribution is 2.30. The third-order valence-corrected chi connectivity index (χ3v) is 4.91. The fraction of sp³-hybridized carbons (Fsp3) is 0.333. The summed E-state index contributed by atoms with van der Waals surface area (Å²) in [6, 6.07) is 10.4. The fourth-order valence-electron chi connectivity index (χ4n) is 3.38. The van der Waals surface area contributed by atoms with E-state index in [2.05, 4.69) is 15.1 Å². The van der Waals surface area contributed by atoms with Crippen LogP contribution in [0.15, 0.2) is 47.1 Å². The number of anilines is 1. The summed E-state index contributed by atoms with van der Waals surface area (Å²) >= 11 is 0. The van der Waals surface area contributed by atoms with Gasteiger partial charge < -0.3 is 23.7 Å². The summed E-state index contributed by atoms with van der Waals surface area (Å²) in [5.74, 6) is 1.96. The van der Waals surface area contributed by atoms with E-state index in [0.717, 1.165) is 5.56 Å². The molecule has 0 spiro atoms. The first kappa shape index (κ1) is 24.0. The Balaban J connectivity index is 1.85. The maximum absolute atomic E-state index is 13.4. The van der Waals surface area contributed by atoms with Crippen LogP contribution in [-0.4, -0.2) is 50.6 Å². The number of fused-ring (bicyclic) bond motifs is 1. The number of rotatable bonds is 7. The molecule has 0 atom stereocenters. The van der Waals surface area contributed by atoms with Crippen LogP contribution in [0, 0.1) is 0 Å². The van der Waals surface area contributed by atoms with Gasteiger partial charge in [-0.05, 0) is 50.6 Å². The van der Waals surface area contributed by atoms with Crippen LogP contribution in [0.5, 0.6) is 11.5 Å². The monoisotopic (exact) mass is 481 g/mol. The molecule has 0 aliphatic rings. The Morgan fingerprint density at radius 2 is 1.89 bits per heavy atom. The molecule has 35 heavy (non-hydrogen) atoms. The van der Waals surface area contributed by atoms with Crippen molar-refractivity contribution in [1.29, 1.82) is 0 Å². The number of hydrogen-bond acceptors (Lipinski definition) is 9. The second-order valence-corrected chi connectivity index (χ2v) is 8.64. The molecule has 4 aromatic rings. The van der Waals surface area contributed by atoms with E-state index >= 15 is 0 Å². The Kier molecular flexibility index (Phi) is 6.61. The van der Waals surface area contributed by atoms with Gasteiger partial charge in [0.05, 0.1) is 39.3 Å². The van der Waals surface area contributed by atoms with Crippen molar-refractivity contribution in [3.63, 3.8) is 0 Å². The number of aliphatic hydroxyl groups excluding tert-OH is 1. The summed E-state index contributed by atoms with van der Waals surface area (Å²) in [7, 11) is 3.08. The first-order valence-electron chi connectivity index (χ1n) is 10.8. The molecule has 0 aliphatic carbocycles. The SMILES string of the molecule is COc1ccc(CN(C(=O)OC(C)(C)C)c2nc(CO)cc3nc(-c4ccco4)nn23)cc1OC. The van der Waals surface area contributed by atoms with E-state index in [1.165, 1.54) is 22.8 Å². The molecule has 0 fully saturated rings. The van der Waals surface area contributed by atoms with Crippen molar-refractivity contribution in [2.45, 2.75) is 39.5 Å². The molecule has 0 saturated carbocycles. The number of hydrogen-bond donors (Lipinski definition) is 1. The second-order valence-electron chi connectivity index (χ2n) is 8.64. The van der Waals surface area contributed by atoms with Crippen LogP contribution in [0.4, 0.5) is 10.7 Å². The largest absolute Gasteiger partial charge is 0.493 e. The molecule has 3 heterocycles. The molecule has 0 unspecified atom stereocenters. The number of carbonyl (C=O) groups is 1. The molecule has 1 N–H and O–H groups in total. The highest BCUT2D eigenvalue weighted by Gasteiger charge is 2.28. The van der Waals surface area contributed by atoms with Crippen LogP contribution in [0.1, 0.15) is 32.0 Å². The van der Waals surface area contributed by atoms with Crippen molar-refractivity contribution in [2.75, 3.05) is 19.1 Å². The molecule has 11 heteroatoms. The van der Waals surface area contributed by atoms with Crippen LogP contribution < -0.4 is 14.4 Å². The smallest absolute Gasteiger partial charge is 0.417 e. The van der Waals surface area contributed by atoms with Gasteiger partial charge in [0.25, 0.3) is 0 Å². The number of ether oxygens (including phenoxy) is 3. The Hall–Kier alpha value is -4.12. The Bertz CT molecular complexity index is 1330. The number of carbonyl (C=O) groups excluding carboxylic acids is 1. The van der Waals surface area contributed by atoms with Crippen molar-refractivity contribution >= 4 is 17.7 Å². The van der Waals surface area contributed by atoms with Gasteiger partial charge in [-0.2, -0.15) is 4.52 Å². The number of aliphatic hydroxyl groups is 1. The predicted molar refractivity (Wildman–Crippen MR) is 126 cm³/mol. The van der Waals surface area contributed by atoms with Crippen LogP contribution in [0.2, 0.25) is 0 Å². The minimum atomic E-state index is -0.762. The third kappa shape index (κ3) is 5.19. The van der Waals surface area contributed by atoms with E-state index in [0.29, 0.717) is 34.4 Å². The van der Waals surface area contributed by atoms with Crippen molar-refractivity contribution in [1.82, 2.24) is 19.6 Å². The molecular weight excluding hydrogens is 454 g/mol. The number of amides is 1. The van der Waals surface area contributed by atoms with Gasteiger partial charge in [-0.3, -0.25) is 0 Å². The quantitative estimate of drug-likeness (QED) is 0.419. The van der Waals surface area contributed by atoms with Crippen molar-refractivity contribution < 1.29 is 28.5 Å². The Labute approximate surface area is 201 Å². The van der Waals surface area contributed by atoms with Gasteiger partial charge in [-0.15, -0.1) is 5.10 Å². The fourth-order valence-corrected chi connectivity index (χ4v) is 3.38. The lowest BCUT2D eigenvalue weighted by Gasteiger charge is -2.27. The molecular formula is C24H27N5O6. The predicted octanol–water partition coefficient (Wildman–Crippen LogP) is 3.84. The van der Waals surface area contributed by atoms with Gasteiger partial charge in [0, 0.05) is 6.07 Å². The van der Waals surface area contributed by atoms with Crippen molar-refractivity contribution in [3.05, 3.63) is 53.9 Å². The number of benzene rings is 1. The zero-order valence-electron chi connectivity index (χ0n) is 20.2. The van der Waals surface area contributed by atoms with Crippen LogP contribution in [0.25, 0.3) is 17.2 Å². The van der Waals surface area contributed by atoms with Crippen LogP contribution >= 0.6 is 0 Å². The molecule has 184 valence electrons. The number of furan rings is 1. The second kappa shape index (κ2) is 9.63. The minimum absolute atomic E-state index is 0.0716. The van der Waals surface area contributed by atoms with E-state index in [9.17, 15) is 9.90 Å². The minimum Gasteiger partial charge on any atom is -0.493 e. The number of methoxy groups -OCH3 is 2. The van der Waals surface area contributed by atoms with Gasteiger partial charge in [0.1, 0.15) is 5.60 Å². The summed E-state index contributed by atoms with van der Waals surface area (Å²) < 4.78 is 23.2. The molecule has 1 amide bonds. The third-order valence-electron chi connectivity index (χ3n) is 4.91. The first-order chi connectivity index (χ1) is 16.7. The van der Waals surface area contributed by atoms with Gasteiger partial charge in [0.15, 0.2) is 22.9 Å². The van der Waals surface area contributed by atoms with E-state index in [4.69, 9.17) is 18.6 Å². The first-order valence-corrected chi connectivity index (χ1v) is 10.8. The molecule has 4 rings (SSSR count). The average Bonchev–Trinajstić information content (AvgIpc) is 3.50. The van der Waals surface area contributed by atoms with E-state index in [-0.39, 0.29) is 19.1 Å². The van der Waals surface area contributed by atoms with Crippen molar-refractivity contribution in [2.24, 2.45) is 0 Å². The molecule has 3 aromatic heterocycles. The Morgan fingerprint density at radius 3 is 2.51 bits per heavy atom. The summed E-state index contributed by atoms with van der Waals surface area (Å²) in [5, 5.41) is 14.3. The molecule has 0 radical (unpaired) electrons. The molecule has 11 nitrogen and oxygen atoms in total. The lowest BCUT2D eigenvalue weighted by molar-refractivity contribution is 0.0574. The highest BCUT2D eigenvalue weighted by molar-refractivity contribution is 5.86. The lowest BCUT2D eigenvalue weighted by atomic mass is 10.2. The lowest BCUT2D eigenvalue weighted by Crippen LogP contribution is -2.38. The number of nitrogens with zero attached hydrogens (tertiary/aromatic N) is 5. The molecule has 0 bridgehead atoms. The summed E-state index contributed by atoms with van der Waals surface area (Å²) in [5.41, 5.74) is 0.657. The Morgan fingerprint density at radius 1 is 1.11 bits per heavy atom. The zero-order chi connectivity index (χ0) is 25.2. The van der Waals surface area contributed by atoms with Crippen LogP contribution in [0.3, 0.4) is 0 Å². The summed E-state index contributed by atoms with van der Waals surface area (Å²) in [6.07, 6.45) is 0.870. The van der Waals surface area contributed by atoms with E-state index in [1.54, 1.807) is 64.3 Å². The normalized spacial score (nSPS) is 11.5. The summed E-state index contributed by atoms with van der Waals surface area (Å²) in [4.78, 5) is 23.7. The van der Waals surface area contributed by atoms with E-state index < -0.39 is 11.7 Å².